The number of aromatic nitrogens is 3. The van der Waals surface area contributed by atoms with Crippen molar-refractivity contribution in [2.24, 2.45) is 0 Å². The highest BCUT2D eigenvalue weighted by Gasteiger charge is 2.29. The maximum atomic E-state index is 11.3. The molecule has 6 nitrogen and oxygen atoms in total. The Balaban J connectivity index is 2.59. The SMILES string of the molecule is COc1ccc(-n2nnc(C(=O)O)c2C(C)(C)C)cc1. The van der Waals surface area contributed by atoms with Crippen LogP contribution < -0.4 is 4.74 Å². The highest BCUT2D eigenvalue weighted by atomic mass is 16.5. The summed E-state index contributed by atoms with van der Waals surface area (Å²) in [5.41, 5.74) is 0.899. The van der Waals surface area contributed by atoms with E-state index >= 15 is 0 Å². The smallest absolute Gasteiger partial charge is 0.358 e. The van der Waals surface area contributed by atoms with E-state index < -0.39 is 11.4 Å². The van der Waals surface area contributed by atoms with Crippen LogP contribution in [0, 0.1) is 0 Å². The second-order valence-corrected chi connectivity index (χ2v) is 5.45. The number of nitrogens with zero attached hydrogens (tertiary/aromatic N) is 3. The number of carboxylic acid groups (broad SMARTS) is 1. The van der Waals surface area contributed by atoms with Crippen molar-refractivity contribution in [1.82, 2.24) is 15.0 Å². The summed E-state index contributed by atoms with van der Waals surface area (Å²) in [4.78, 5) is 11.3. The molecule has 1 aromatic carbocycles. The molecule has 0 aliphatic carbocycles. The van der Waals surface area contributed by atoms with Gasteiger partial charge >= 0.3 is 5.97 Å². The molecular formula is C14H17N3O3. The van der Waals surface area contributed by atoms with Crippen LogP contribution in [0.15, 0.2) is 24.3 Å². The van der Waals surface area contributed by atoms with E-state index in [9.17, 15) is 9.90 Å². The minimum Gasteiger partial charge on any atom is -0.497 e. The van der Waals surface area contributed by atoms with Crippen molar-refractivity contribution in [1.29, 1.82) is 0 Å². The van der Waals surface area contributed by atoms with Crippen LogP contribution in [-0.2, 0) is 5.41 Å². The molecule has 6 heteroatoms. The fraction of sp³-hybridized carbons (Fsp3) is 0.357. The number of carbonyl (C=O) groups is 1. The first kappa shape index (κ1) is 14.0. The van der Waals surface area contributed by atoms with Gasteiger partial charge in [-0.1, -0.05) is 26.0 Å². The van der Waals surface area contributed by atoms with Gasteiger partial charge in [-0.15, -0.1) is 5.10 Å². The summed E-state index contributed by atoms with van der Waals surface area (Å²) >= 11 is 0. The van der Waals surface area contributed by atoms with E-state index in [1.165, 1.54) is 0 Å². The molecule has 0 aliphatic heterocycles. The van der Waals surface area contributed by atoms with Crippen LogP contribution in [0.5, 0.6) is 5.75 Å². The molecule has 0 bridgehead atoms. The minimum absolute atomic E-state index is 0.0201. The van der Waals surface area contributed by atoms with Crippen LogP contribution >= 0.6 is 0 Å². The standard InChI is InChI=1S/C14H17N3O3/c1-14(2,3)12-11(13(18)19)15-16-17(12)9-5-7-10(20-4)8-6-9/h5-8H,1-4H3,(H,18,19). The van der Waals surface area contributed by atoms with Gasteiger partial charge in [0.1, 0.15) is 5.75 Å². The number of rotatable bonds is 3. The normalized spacial score (nSPS) is 11.4. The maximum Gasteiger partial charge on any atom is 0.358 e. The number of methoxy groups -OCH3 is 1. The van der Waals surface area contributed by atoms with Gasteiger partial charge in [0.05, 0.1) is 18.5 Å². The van der Waals surface area contributed by atoms with Crippen LogP contribution in [0.4, 0.5) is 0 Å². The molecule has 0 radical (unpaired) electrons. The van der Waals surface area contributed by atoms with Gasteiger partial charge in [-0.25, -0.2) is 9.48 Å². The molecule has 2 aromatic rings. The van der Waals surface area contributed by atoms with Crippen molar-refractivity contribution in [3.8, 4) is 11.4 Å². The molecular weight excluding hydrogens is 258 g/mol. The topological polar surface area (TPSA) is 77.2 Å². The Morgan fingerprint density at radius 2 is 1.85 bits per heavy atom. The zero-order valence-corrected chi connectivity index (χ0v) is 11.9. The van der Waals surface area contributed by atoms with Crippen LogP contribution in [0.25, 0.3) is 5.69 Å². The number of ether oxygens (including phenoxy) is 1. The lowest BCUT2D eigenvalue weighted by Gasteiger charge is -2.20. The molecule has 0 aliphatic rings. The molecule has 0 amide bonds. The predicted octanol–water partition coefficient (Wildman–Crippen LogP) is 2.27. The second kappa shape index (κ2) is 4.96. The van der Waals surface area contributed by atoms with Crippen molar-refractivity contribution in [2.45, 2.75) is 26.2 Å². The van der Waals surface area contributed by atoms with Crippen molar-refractivity contribution in [3.05, 3.63) is 35.7 Å². The number of hydrogen-bond donors (Lipinski definition) is 1. The zero-order chi connectivity index (χ0) is 14.9. The summed E-state index contributed by atoms with van der Waals surface area (Å²) in [5, 5.41) is 17.0. The van der Waals surface area contributed by atoms with Gasteiger partial charge < -0.3 is 9.84 Å². The quantitative estimate of drug-likeness (QED) is 0.929. The van der Waals surface area contributed by atoms with E-state index in [0.29, 0.717) is 5.69 Å². The highest BCUT2D eigenvalue weighted by Crippen LogP contribution is 2.27. The van der Waals surface area contributed by atoms with E-state index in [1.54, 1.807) is 23.9 Å². The van der Waals surface area contributed by atoms with Gasteiger partial charge in [-0.2, -0.15) is 0 Å². The summed E-state index contributed by atoms with van der Waals surface area (Å²) < 4.78 is 6.67. The summed E-state index contributed by atoms with van der Waals surface area (Å²) in [5.74, 6) is -0.348. The van der Waals surface area contributed by atoms with Gasteiger partial charge in [0.25, 0.3) is 0 Å². The lowest BCUT2D eigenvalue weighted by Crippen LogP contribution is -2.21. The zero-order valence-electron chi connectivity index (χ0n) is 11.9. The van der Waals surface area contributed by atoms with Crippen LogP contribution in [0.3, 0.4) is 0 Å². The van der Waals surface area contributed by atoms with E-state index in [2.05, 4.69) is 10.3 Å². The Kier molecular flexibility index (Phi) is 3.48. The number of benzene rings is 1. The Hall–Kier alpha value is -2.37. The monoisotopic (exact) mass is 275 g/mol. The average Bonchev–Trinajstić information content (AvgIpc) is 2.83. The van der Waals surface area contributed by atoms with Gasteiger partial charge in [0.15, 0.2) is 5.69 Å². The fourth-order valence-corrected chi connectivity index (χ4v) is 2.00. The number of carboxylic acids is 1. The van der Waals surface area contributed by atoms with Crippen molar-refractivity contribution in [2.75, 3.05) is 7.11 Å². The van der Waals surface area contributed by atoms with E-state index in [1.807, 2.05) is 32.9 Å². The lowest BCUT2D eigenvalue weighted by atomic mass is 9.90. The first-order valence-corrected chi connectivity index (χ1v) is 6.18. The second-order valence-electron chi connectivity index (χ2n) is 5.45. The summed E-state index contributed by atoms with van der Waals surface area (Å²) in [6.45, 7) is 5.79. The summed E-state index contributed by atoms with van der Waals surface area (Å²) in [7, 11) is 1.59. The Morgan fingerprint density at radius 3 is 2.30 bits per heavy atom. The third-order valence-electron chi connectivity index (χ3n) is 2.90. The molecule has 0 unspecified atom stereocenters. The van der Waals surface area contributed by atoms with Gasteiger partial charge in [0.2, 0.25) is 0 Å². The first-order chi connectivity index (χ1) is 9.34. The Bertz CT molecular complexity index is 624. The Labute approximate surface area is 117 Å². The van der Waals surface area contributed by atoms with Crippen LogP contribution in [0.2, 0.25) is 0 Å². The van der Waals surface area contributed by atoms with Gasteiger partial charge in [-0.3, -0.25) is 0 Å². The number of aromatic carboxylic acids is 1. The summed E-state index contributed by atoms with van der Waals surface area (Å²) in [6, 6.07) is 7.22. The largest absolute Gasteiger partial charge is 0.497 e. The summed E-state index contributed by atoms with van der Waals surface area (Å²) in [6.07, 6.45) is 0. The molecule has 0 saturated carbocycles. The average molecular weight is 275 g/mol. The molecule has 2 rings (SSSR count). The molecule has 0 fully saturated rings. The van der Waals surface area contributed by atoms with Gasteiger partial charge in [0, 0.05) is 5.41 Å². The Morgan fingerprint density at radius 1 is 1.25 bits per heavy atom. The van der Waals surface area contributed by atoms with Crippen LogP contribution in [0.1, 0.15) is 37.0 Å². The highest BCUT2D eigenvalue weighted by molar-refractivity contribution is 5.87. The molecule has 1 aromatic heterocycles. The first-order valence-electron chi connectivity index (χ1n) is 6.18. The van der Waals surface area contributed by atoms with E-state index in [-0.39, 0.29) is 5.69 Å². The third-order valence-corrected chi connectivity index (χ3v) is 2.90. The predicted molar refractivity (Wildman–Crippen MR) is 73.6 cm³/mol. The number of hydrogen-bond acceptors (Lipinski definition) is 4. The van der Waals surface area contributed by atoms with E-state index in [4.69, 9.17) is 4.74 Å². The molecule has 0 saturated heterocycles. The molecule has 1 heterocycles. The van der Waals surface area contributed by atoms with E-state index in [0.717, 1.165) is 11.4 Å². The molecule has 0 atom stereocenters. The molecule has 106 valence electrons. The molecule has 0 spiro atoms. The minimum atomic E-state index is -1.07. The van der Waals surface area contributed by atoms with Gasteiger partial charge in [-0.05, 0) is 24.3 Å². The van der Waals surface area contributed by atoms with Crippen molar-refractivity contribution >= 4 is 5.97 Å². The van der Waals surface area contributed by atoms with Crippen molar-refractivity contribution in [3.63, 3.8) is 0 Å². The third kappa shape index (κ3) is 2.49. The van der Waals surface area contributed by atoms with Crippen molar-refractivity contribution < 1.29 is 14.6 Å². The lowest BCUT2D eigenvalue weighted by molar-refractivity contribution is 0.0687. The van der Waals surface area contributed by atoms with Crippen LogP contribution in [-0.4, -0.2) is 33.2 Å². The fourth-order valence-electron chi connectivity index (χ4n) is 2.00. The molecule has 1 N–H and O–H groups in total. The maximum absolute atomic E-state index is 11.3. The molecule has 20 heavy (non-hydrogen) atoms.